The molecule has 2 rings (SSSR count). The predicted octanol–water partition coefficient (Wildman–Crippen LogP) is 3.81. The van der Waals surface area contributed by atoms with Gasteiger partial charge in [0.25, 0.3) is 0 Å². The highest BCUT2D eigenvalue weighted by Crippen LogP contribution is 2.61. The van der Waals surface area contributed by atoms with Crippen molar-refractivity contribution in [2.45, 2.75) is 38.0 Å². The molecule has 0 spiro atoms. The number of carbonyl (C=O) groups excluding carboxylic acids is 2. The summed E-state index contributed by atoms with van der Waals surface area (Å²) in [7, 11) is 1.46. The van der Waals surface area contributed by atoms with Crippen molar-refractivity contribution in [3.63, 3.8) is 0 Å². The van der Waals surface area contributed by atoms with Crippen LogP contribution in [0.4, 0.5) is 0 Å². The Morgan fingerprint density at radius 3 is 2.25 bits per heavy atom. The fourth-order valence-electron chi connectivity index (χ4n) is 3.29. The third-order valence-electron chi connectivity index (χ3n) is 4.50. The lowest BCUT2D eigenvalue weighted by molar-refractivity contribution is -0.150. The minimum atomic E-state index is -1.48. The lowest BCUT2D eigenvalue weighted by Gasteiger charge is -2.20. The topological polar surface area (TPSA) is 52.6 Å². The summed E-state index contributed by atoms with van der Waals surface area (Å²) in [5, 5.41) is 0. The zero-order valence-electron chi connectivity index (χ0n) is 15.1. The van der Waals surface area contributed by atoms with Gasteiger partial charge in [-0.05, 0) is 35.7 Å². The molecule has 0 bridgehead atoms. The van der Waals surface area contributed by atoms with Crippen molar-refractivity contribution in [2.75, 3.05) is 14.2 Å². The maximum Gasteiger partial charge on any atom is 0.320 e. The maximum atomic E-state index is 13.0. The zero-order chi connectivity index (χ0) is 18.1. The first-order chi connectivity index (χ1) is 11.2. The van der Waals surface area contributed by atoms with Crippen molar-refractivity contribution >= 4 is 19.8 Å². The van der Waals surface area contributed by atoms with E-state index in [1.807, 2.05) is 24.3 Å². The Hall–Kier alpha value is -1.88. The van der Waals surface area contributed by atoms with Crippen molar-refractivity contribution in [2.24, 2.45) is 5.41 Å². The summed E-state index contributed by atoms with van der Waals surface area (Å²) in [4.78, 5) is 25.4. The van der Waals surface area contributed by atoms with Crippen LogP contribution in [0.3, 0.4) is 0 Å². The lowest BCUT2D eigenvalue weighted by atomic mass is 9.91. The van der Waals surface area contributed by atoms with E-state index in [1.54, 1.807) is 7.11 Å². The van der Waals surface area contributed by atoms with Gasteiger partial charge in [-0.15, -0.1) is 0 Å². The monoisotopic (exact) mass is 346 g/mol. The molecule has 0 N–H and O–H groups in total. The molecule has 2 unspecified atom stereocenters. The molecule has 0 aromatic heterocycles. The number of ketones is 1. The number of ether oxygens (including phenoxy) is 2. The van der Waals surface area contributed by atoms with Gasteiger partial charge in [0.1, 0.15) is 11.2 Å². The standard InChI is InChI=1S/C19H26O4Si/c1-13(12-24(4,5)6)17(20)19(18(21)23-3)11-16(19)14-7-9-15(22-2)10-8-14/h7-10,16H,1,11-12H2,2-6H3. The molecular weight excluding hydrogens is 320 g/mol. The van der Waals surface area contributed by atoms with Crippen LogP contribution in [0.2, 0.25) is 25.7 Å². The van der Waals surface area contributed by atoms with Gasteiger partial charge in [0.2, 0.25) is 0 Å². The van der Waals surface area contributed by atoms with Gasteiger partial charge in [-0.1, -0.05) is 38.4 Å². The van der Waals surface area contributed by atoms with Gasteiger partial charge in [-0.25, -0.2) is 0 Å². The van der Waals surface area contributed by atoms with E-state index in [0.717, 1.165) is 11.3 Å². The van der Waals surface area contributed by atoms with Crippen molar-refractivity contribution in [3.05, 3.63) is 42.0 Å². The molecule has 5 heteroatoms. The Labute approximate surface area is 144 Å². The van der Waals surface area contributed by atoms with Crippen LogP contribution in [-0.2, 0) is 14.3 Å². The number of allylic oxidation sites excluding steroid dienone is 1. The van der Waals surface area contributed by atoms with Crippen molar-refractivity contribution in [1.82, 2.24) is 0 Å². The van der Waals surface area contributed by atoms with Gasteiger partial charge in [-0.3, -0.25) is 9.59 Å². The fourth-order valence-corrected chi connectivity index (χ4v) is 4.73. The molecule has 130 valence electrons. The number of benzene rings is 1. The Balaban J connectivity index is 2.28. The van der Waals surface area contributed by atoms with Gasteiger partial charge in [0.15, 0.2) is 5.78 Å². The van der Waals surface area contributed by atoms with Gasteiger partial charge in [0.05, 0.1) is 14.2 Å². The van der Waals surface area contributed by atoms with E-state index in [9.17, 15) is 9.59 Å². The highest BCUT2D eigenvalue weighted by molar-refractivity contribution is 6.77. The summed E-state index contributed by atoms with van der Waals surface area (Å²) < 4.78 is 10.1. The van der Waals surface area contributed by atoms with E-state index < -0.39 is 19.5 Å². The number of carbonyl (C=O) groups is 2. The molecule has 0 aliphatic heterocycles. The summed E-state index contributed by atoms with van der Waals surface area (Å²) in [6, 6.07) is 8.19. The number of rotatable bonds is 7. The zero-order valence-corrected chi connectivity index (χ0v) is 16.1. The molecule has 0 heterocycles. The average molecular weight is 346 g/mol. The summed E-state index contributed by atoms with van der Waals surface area (Å²) >= 11 is 0. The molecule has 1 aromatic carbocycles. The molecule has 24 heavy (non-hydrogen) atoms. The average Bonchev–Trinajstić information content (AvgIpc) is 3.28. The van der Waals surface area contributed by atoms with Gasteiger partial charge in [0, 0.05) is 14.0 Å². The number of hydrogen-bond donors (Lipinski definition) is 0. The summed E-state index contributed by atoms with van der Waals surface area (Å²) in [6.45, 7) is 10.5. The van der Waals surface area contributed by atoms with Crippen molar-refractivity contribution in [3.8, 4) is 5.75 Å². The second-order valence-electron chi connectivity index (χ2n) is 7.66. The van der Waals surface area contributed by atoms with Crippen LogP contribution in [0.25, 0.3) is 0 Å². The second-order valence-corrected chi connectivity index (χ2v) is 13.1. The molecular formula is C19H26O4Si. The predicted molar refractivity (Wildman–Crippen MR) is 97.1 cm³/mol. The second kappa shape index (κ2) is 6.55. The smallest absolute Gasteiger partial charge is 0.320 e. The molecule has 0 amide bonds. The van der Waals surface area contributed by atoms with E-state index in [0.29, 0.717) is 18.0 Å². The molecule has 2 atom stereocenters. The maximum absolute atomic E-state index is 13.0. The van der Waals surface area contributed by atoms with Crippen LogP contribution in [-0.4, -0.2) is 34.0 Å². The molecule has 0 radical (unpaired) electrons. The summed E-state index contributed by atoms with van der Waals surface area (Å²) in [6.07, 6.45) is 0.482. The van der Waals surface area contributed by atoms with E-state index in [-0.39, 0.29) is 11.7 Å². The normalized spacial score (nSPS) is 22.6. The Kier molecular flexibility index (Phi) is 5.04. The lowest BCUT2D eigenvalue weighted by Crippen LogP contribution is -2.32. The quantitative estimate of drug-likeness (QED) is 0.326. The summed E-state index contributed by atoms with van der Waals surface area (Å²) in [5.41, 5.74) is 0.408. The number of hydrogen-bond acceptors (Lipinski definition) is 4. The molecule has 0 saturated heterocycles. The molecule has 1 aromatic rings. The van der Waals surface area contributed by atoms with Crippen LogP contribution in [0.15, 0.2) is 36.4 Å². The first kappa shape index (κ1) is 18.5. The van der Waals surface area contributed by atoms with Crippen LogP contribution < -0.4 is 4.74 Å². The Morgan fingerprint density at radius 2 is 1.79 bits per heavy atom. The third-order valence-corrected chi connectivity index (χ3v) is 5.99. The van der Waals surface area contributed by atoms with Crippen molar-refractivity contribution in [1.29, 1.82) is 0 Å². The van der Waals surface area contributed by atoms with E-state index in [4.69, 9.17) is 9.47 Å². The third kappa shape index (κ3) is 3.46. The first-order valence-electron chi connectivity index (χ1n) is 8.10. The Bertz CT molecular complexity index is 657. The van der Waals surface area contributed by atoms with Gasteiger partial charge in [-0.2, -0.15) is 0 Å². The molecule has 1 aliphatic carbocycles. The largest absolute Gasteiger partial charge is 0.497 e. The van der Waals surface area contributed by atoms with Crippen molar-refractivity contribution < 1.29 is 19.1 Å². The molecule has 1 fully saturated rings. The first-order valence-corrected chi connectivity index (χ1v) is 11.8. The fraction of sp³-hybridized carbons (Fsp3) is 0.474. The highest BCUT2D eigenvalue weighted by Gasteiger charge is 2.67. The van der Waals surface area contributed by atoms with Crippen LogP contribution >= 0.6 is 0 Å². The van der Waals surface area contributed by atoms with Crippen LogP contribution in [0.5, 0.6) is 5.75 Å². The molecule has 4 nitrogen and oxygen atoms in total. The number of methoxy groups -OCH3 is 2. The number of Topliss-reactive ketones (excluding diaryl/α,β-unsaturated/α-hetero) is 1. The van der Waals surface area contributed by atoms with Gasteiger partial charge >= 0.3 is 5.97 Å². The minimum Gasteiger partial charge on any atom is -0.497 e. The Morgan fingerprint density at radius 1 is 1.21 bits per heavy atom. The SMILES string of the molecule is C=C(C[Si](C)(C)C)C(=O)C1(C(=O)OC)CC1c1ccc(OC)cc1. The van der Waals surface area contributed by atoms with Crippen LogP contribution in [0, 0.1) is 5.41 Å². The van der Waals surface area contributed by atoms with Crippen LogP contribution in [0.1, 0.15) is 17.9 Å². The minimum absolute atomic E-state index is 0.151. The van der Waals surface area contributed by atoms with E-state index >= 15 is 0 Å². The molecule has 1 saturated carbocycles. The molecule has 1 aliphatic rings. The van der Waals surface area contributed by atoms with Gasteiger partial charge < -0.3 is 9.47 Å². The van der Waals surface area contributed by atoms with E-state index in [2.05, 4.69) is 26.2 Å². The van der Waals surface area contributed by atoms with E-state index in [1.165, 1.54) is 7.11 Å². The number of esters is 1. The summed E-state index contributed by atoms with van der Waals surface area (Å²) in [5.74, 6) is -0.0121. The highest BCUT2D eigenvalue weighted by atomic mass is 28.3.